The summed E-state index contributed by atoms with van der Waals surface area (Å²) in [4.78, 5) is 52.9. The van der Waals surface area contributed by atoms with E-state index in [1.54, 1.807) is 6.20 Å². The minimum absolute atomic E-state index is 0.659. The Morgan fingerprint density at radius 2 is 0.364 bits per heavy atom. The molecule has 0 N–H and O–H groups in total. The molecule has 11 heteroatoms. The zero-order valence-corrected chi connectivity index (χ0v) is 71.5. The molecule has 0 radical (unpaired) electrons. The van der Waals surface area contributed by atoms with E-state index in [4.69, 9.17) is 29.9 Å². The van der Waals surface area contributed by atoms with Gasteiger partial charge in [-0.3, -0.25) is 24.9 Å². The fraction of sp³-hybridized carbons (Fsp3) is 0. The molecule has 0 fully saturated rings. The molecule has 11 nitrogen and oxygen atoms in total. The predicted molar refractivity (Wildman–Crippen MR) is 542 cm³/mol. The third-order valence-electron chi connectivity index (χ3n) is 24.1. The van der Waals surface area contributed by atoms with Crippen molar-refractivity contribution in [3.63, 3.8) is 0 Å². The van der Waals surface area contributed by atoms with Crippen LogP contribution in [0.4, 0.5) is 0 Å². The Morgan fingerprint density at radius 1 is 0.114 bits per heavy atom. The van der Waals surface area contributed by atoms with Crippen LogP contribution in [0.15, 0.2) is 480 Å². The molecule has 24 rings (SSSR count). The fourth-order valence-electron chi connectivity index (χ4n) is 17.3. The summed E-state index contributed by atoms with van der Waals surface area (Å²) in [6, 6.07) is 148. The van der Waals surface area contributed by atoms with Gasteiger partial charge in [0.25, 0.3) is 0 Å². The fourth-order valence-corrected chi connectivity index (χ4v) is 17.3. The SMILES string of the molecule is c1ccc(-c2cc(-c3ccncc3)cc(-c3nc(-c4ccc5ccccc5c4)cc(-c4ccc5ccccc5c4)n3)c2)cc1.c1ccc(-c2cc(-c3ccncc3)cc(-c3nc(-c4ccc5ccccc5c4)cc(-c4ccc5ccccc5c4)n3)c2)nc1.c1cncc(-c2cc(-c3ccncc3)cc(-c3cc(-c4ccc5ccccc5c4)nc(-c4ccc5ccccc5c4)n3)c2)c1. The maximum atomic E-state index is 5.21. The van der Waals surface area contributed by atoms with Crippen LogP contribution in [0.1, 0.15) is 0 Å². The molecule has 0 spiro atoms. The van der Waals surface area contributed by atoms with Crippen LogP contribution in [-0.2, 0) is 0 Å². The first-order valence-electron chi connectivity index (χ1n) is 44.0. The average molecular weight is 1690 g/mol. The molecule has 0 bridgehead atoms. The van der Waals surface area contributed by atoms with Crippen molar-refractivity contribution >= 4 is 64.6 Å². The van der Waals surface area contributed by atoms with Crippen molar-refractivity contribution in [3.05, 3.63) is 480 Å². The van der Waals surface area contributed by atoms with Gasteiger partial charge in [-0.1, -0.05) is 261 Å². The monoisotopic (exact) mass is 1690 g/mol. The van der Waals surface area contributed by atoms with E-state index in [9.17, 15) is 0 Å². The maximum Gasteiger partial charge on any atom is 0.160 e. The van der Waals surface area contributed by atoms with Gasteiger partial charge in [-0.15, -0.1) is 0 Å². The second kappa shape index (κ2) is 36.2. The number of pyridine rings is 5. The number of hydrogen-bond donors (Lipinski definition) is 0. The van der Waals surface area contributed by atoms with Crippen molar-refractivity contribution in [2.75, 3.05) is 0 Å². The Kier molecular flexibility index (Phi) is 21.9. The molecule has 0 saturated heterocycles. The van der Waals surface area contributed by atoms with Gasteiger partial charge in [0, 0.05) is 117 Å². The predicted octanol–water partition coefficient (Wildman–Crippen LogP) is 30.3. The van der Waals surface area contributed by atoms with Crippen LogP contribution < -0.4 is 0 Å². The highest BCUT2D eigenvalue weighted by atomic mass is 14.9. The average Bonchev–Trinajstić information content (AvgIpc) is 0.779. The van der Waals surface area contributed by atoms with Crippen molar-refractivity contribution in [2.24, 2.45) is 0 Å². The second-order valence-corrected chi connectivity index (χ2v) is 32.7. The topological polar surface area (TPSA) is 142 Å². The largest absolute Gasteiger partial charge is 0.265 e. The number of nitrogens with zero attached hydrogens (tertiary/aromatic N) is 11. The van der Waals surface area contributed by atoms with E-state index in [1.807, 2.05) is 116 Å². The summed E-state index contributed by atoms with van der Waals surface area (Å²) in [5.41, 5.74) is 27.1. The Labute approximate surface area is 763 Å². The smallest absolute Gasteiger partial charge is 0.160 e. The molecule has 0 amide bonds. The summed E-state index contributed by atoms with van der Waals surface area (Å²) in [5, 5.41) is 14.3. The lowest BCUT2D eigenvalue weighted by Gasteiger charge is -2.13. The zero-order valence-electron chi connectivity index (χ0n) is 71.5. The molecule has 0 saturated carbocycles. The summed E-state index contributed by atoms with van der Waals surface area (Å²) in [7, 11) is 0. The van der Waals surface area contributed by atoms with Gasteiger partial charge in [0.15, 0.2) is 17.5 Å². The summed E-state index contributed by atoms with van der Waals surface area (Å²) in [6.45, 7) is 0. The minimum Gasteiger partial charge on any atom is -0.265 e. The van der Waals surface area contributed by atoms with Gasteiger partial charge in [0.1, 0.15) is 0 Å². The standard InChI is InChI=1S/C41H27N3.2C40H26N4/c1-2-8-28(9-3-1)36-24-37(31-18-20-42-21-19-31)26-38(25-36)41-43-39(34-16-14-29-10-4-6-12-32(29)22-34)27-40(44-41)35-17-15-30-11-5-7-13-33(30)23-35;1-3-9-30-21-32(14-12-27(30)7-1)38-26-39(33-15-13-28-8-2-4-10-31(28)22-33)44-40(43-38)36-24-34(29-16-19-41-20-17-29)23-35(25-36)37-11-5-6-18-42-37;1-3-8-30-20-32(13-11-27(30)6-1)38-25-39(44-40(43-38)33-14-12-28-7-2-4-9-31(28)21-33)37-23-35(29-15-18-41-19-16-29)22-36(24-37)34-10-5-17-42-26-34/h1-27H;2*1-26H. The molecule has 0 aliphatic heterocycles. The number of benzene rings is 16. The Balaban J connectivity index is 0.000000116. The lowest BCUT2D eigenvalue weighted by molar-refractivity contribution is 1.18. The summed E-state index contributed by atoms with van der Waals surface area (Å²) >= 11 is 0. The van der Waals surface area contributed by atoms with Crippen LogP contribution in [0.3, 0.4) is 0 Å². The number of aromatic nitrogens is 11. The molecule has 0 aliphatic carbocycles. The lowest BCUT2D eigenvalue weighted by Crippen LogP contribution is -1.97. The van der Waals surface area contributed by atoms with Crippen LogP contribution in [0, 0.1) is 0 Å². The molecule has 16 aromatic carbocycles. The van der Waals surface area contributed by atoms with Gasteiger partial charge in [0.2, 0.25) is 0 Å². The molecule has 0 unspecified atom stereocenters. The molecule has 24 aromatic rings. The number of rotatable bonds is 15. The van der Waals surface area contributed by atoms with Crippen molar-refractivity contribution in [1.29, 1.82) is 0 Å². The van der Waals surface area contributed by atoms with Gasteiger partial charge in [-0.25, -0.2) is 29.9 Å². The summed E-state index contributed by atoms with van der Waals surface area (Å²) in [5.74, 6) is 2.03. The first kappa shape index (κ1) is 79.9. The van der Waals surface area contributed by atoms with Gasteiger partial charge in [-0.2, -0.15) is 0 Å². The second-order valence-electron chi connectivity index (χ2n) is 32.7. The van der Waals surface area contributed by atoms with E-state index in [2.05, 4.69) is 383 Å². The maximum absolute atomic E-state index is 5.21. The summed E-state index contributed by atoms with van der Waals surface area (Å²) < 4.78 is 0. The van der Waals surface area contributed by atoms with Gasteiger partial charge < -0.3 is 0 Å². The van der Waals surface area contributed by atoms with E-state index in [0.29, 0.717) is 17.5 Å². The Bertz CT molecular complexity index is 7150. The molecule has 0 atom stereocenters. The molecular weight excluding hydrogens is 1610 g/mol. The van der Waals surface area contributed by atoms with Crippen LogP contribution in [-0.4, -0.2) is 54.8 Å². The molecule has 618 valence electrons. The molecule has 8 heterocycles. The molecule has 132 heavy (non-hydrogen) atoms. The highest BCUT2D eigenvalue weighted by Gasteiger charge is 2.21. The molecular formula is C121H79N11. The van der Waals surface area contributed by atoms with Crippen LogP contribution >= 0.6 is 0 Å². The van der Waals surface area contributed by atoms with E-state index < -0.39 is 0 Å². The van der Waals surface area contributed by atoms with Crippen LogP contribution in [0.2, 0.25) is 0 Å². The first-order chi connectivity index (χ1) is 65.3. The van der Waals surface area contributed by atoms with Crippen LogP contribution in [0.25, 0.3) is 233 Å². The lowest BCUT2D eigenvalue weighted by atomic mass is 9.95. The van der Waals surface area contributed by atoms with Gasteiger partial charge in [0.05, 0.1) is 39.9 Å². The van der Waals surface area contributed by atoms with E-state index in [1.165, 1.54) is 59.2 Å². The normalized spacial score (nSPS) is 11.2. The minimum atomic E-state index is 0.659. The number of hydrogen-bond acceptors (Lipinski definition) is 11. The van der Waals surface area contributed by atoms with E-state index in [0.717, 1.165) is 157 Å². The third kappa shape index (κ3) is 17.4. The summed E-state index contributed by atoms with van der Waals surface area (Å²) in [6.07, 6.45) is 16.5. The van der Waals surface area contributed by atoms with Gasteiger partial charge >= 0.3 is 0 Å². The third-order valence-corrected chi connectivity index (χ3v) is 24.1. The van der Waals surface area contributed by atoms with Crippen molar-refractivity contribution < 1.29 is 0 Å². The van der Waals surface area contributed by atoms with Gasteiger partial charge in [-0.05, 0) is 278 Å². The van der Waals surface area contributed by atoms with Crippen molar-refractivity contribution in [2.45, 2.75) is 0 Å². The number of fused-ring (bicyclic) bond motifs is 6. The van der Waals surface area contributed by atoms with Crippen molar-refractivity contribution in [3.8, 4) is 169 Å². The quantitative estimate of drug-likeness (QED) is 0.0968. The zero-order chi connectivity index (χ0) is 87.9. The Morgan fingerprint density at radius 3 is 0.689 bits per heavy atom. The Hall–Kier alpha value is -17.9. The highest BCUT2D eigenvalue weighted by Crippen LogP contribution is 2.41. The molecule has 8 aromatic heterocycles. The van der Waals surface area contributed by atoms with Crippen LogP contribution in [0.5, 0.6) is 0 Å². The van der Waals surface area contributed by atoms with E-state index in [-0.39, 0.29) is 0 Å². The molecule has 0 aliphatic rings. The van der Waals surface area contributed by atoms with Crippen molar-refractivity contribution in [1.82, 2.24) is 54.8 Å². The van der Waals surface area contributed by atoms with E-state index >= 15 is 0 Å². The highest BCUT2D eigenvalue weighted by molar-refractivity contribution is 5.95. The first-order valence-corrected chi connectivity index (χ1v) is 44.0.